The van der Waals surface area contributed by atoms with E-state index in [9.17, 15) is 0 Å². The van der Waals surface area contributed by atoms with E-state index in [0.29, 0.717) is 17.5 Å². The third-order valence-corrected chi connectivity index (χ3v) is 2.64. The summed E-state index contributed by atoms with van der Waals surface area (Å²) in [7, 11) is 1.60. The van der Waals surface area contributed by atoms with Crippen LogP contribution in [0.5, 0.6) is 5.75 Å². The van der Waals surface area contributed by atoms with Crippen LogP contribution in [-0.2, 0) is 0 Å². The topological polar surface area (TPSA) is 65.1 Å². The van der Waals surface area contributed by atoms with Gasteiger partial charge >= 0.3 is 0 Å². The van der Waals surface area contributed by atoms with Crippen LogP contribution in [0.25, 0.3) is 0 Å². The predicted octanol–water partition coefficient (Wildman–Crippen LogP) is 2.80. The number of nitrogens with two attached hydrogens (primary N) is 1. The second-order valence-corrected chi connectivity index (χ2v) is 4.36. The monoisotopic (exact) mass is 246 g/mol. The van der Waals surface area contributed by atoms with Gasteiger partial charge in [-0.15, -0.1) is 0 Å². The second kappa shape index (κ2) is 5.00. The molecule has 0 aliphatic carbocycles. The van der Waals surface area contributed by atoms with Crippen LogP contribution in [0.3, 0.4) is 0 Å². The highest BCUT2D eigenvalue weighted by molar-refractivity contribution is 5.65. The maximum absolute atomic E-state index is 5.76. The SMILES string of the molecule is COc1cc(Nc2ccn(C(C)C)n2)ccc1N. The molecule has 1 aromatic heterocycles. The Kier molecular flexibility index (Phi) is 3.41. The molecule has 0 saturated carbocycles. The molecule has 0 amide bonds. The molecule has 0 radical (unpaired) electrons. The summed E-state index contributed by atoms with van der Waals surface area (Å²) < 4.78 is 7.08. The lowest BCUT2D eigenvalue weighted by Crippen LogP contribution is -2.02. The molecule has 0 fully saturated rings. The number of benzene rings is 1. The van der Waals surface area contributed by atoms with Crippen LogP contribution in [0.4, 0.5) is 17.2 Å². The zero-order chi connectivity index (χ0) is 13.1. The van der Waals surface area contributed by atoms with E-state index in [1.165, 1.54) is 0 Å². The highest BCUT2D eigenvalue weighted by atomic mass is 16.5. The van der Waals surface area contributed by atoms with Gasteiger partial charge in [0.15, 0.2) is 5.82 Å². The van der Waals surface area contributed by atoms with Gasteiger partial charge in [-0.3, -0.25) is 4.68 Å². The highest BCUT2D eigenvalue weighted by Gasteiger charge is 2.04. The van der Waals surface area contributed by atoms with Crippen molar-refractivity contribution in [2.24, 2.45) is 0 Å². The number of nitrogen functional groups attached to an aromatic ring is 1. The summed E-state index contributed by atoms with van der Waals surface area (Å²) in [6, 6.07) is 7.83. The molecule has 18 heavy (non-hydrogen) atoms. The Morgan fingerprint density at radius 3 is 2.72 bits per heavy atom. The van der Waals surface area contributed by atoms with E-state index in [-0.39, 0.29) is 0 Å². The van der Waals surface area contributed by atoms with Crippen LogP contribution in [0, 0.1) is 0 Å². The number of ether oxygens (including phenoxy) is 1. The number of anilines is 3. The van der Waals surface area contributed by atoms with Gasteiger partial charge in [-0.1, -0.05) is 0 Å². The van der Waals surface area contributed by atoms with Gasteiger partial charge in [0, 0.05) is 30.1 Å². The summed E-state index contributed by atoms with van der Waals surface area (Å²) in [4.78, 5) is 0. The van der Waals surface area contributed by atoms with Crippen molar-refractivity contribution in [3.63, 3.8) is 0 Å². The van der Waals surface area contributed by atoms with Crippen molar-refractivity contribution >= 4 is 17.2 Å². The van der Waals surface area contributed by atoms with Gasteiger partial charge < -0.3 is 15.8 Å². The predicted molar refractivity (Wildman–Crippen MR) is 73.3 cm³/mol. The molecule has 0 saturated heterocycles. The number of methoxy groups -OCH3 is 1. The van der Waals surface area contributed by atoms with Crippen molar-refractivity contribution in [2.75, 3.05) is 18.2 Å². The van der Waals surface area contributed by atoms with Crippen molar-refractivity contribution < 1.29 is 4.74 Å². The van der Waals surface area contributed by atoms with Crippen molar-refractivity contribution in [2.45, 2.75) is 19.9 Å². The third kappa shape index (κ3) is 2.56. The van der Waals surface area contributed by atoms with E-state index in [1.54, 1.807) is 13.2 Å². The Morgan fingerprint density at radius 2 is 2.11 bits per heavy atom. The molecular formula is C13H18N4O. The first-order valence-electron chi connectivity index (χ1n) is 5.86. The van der Waals surface area contributed by atoms with Crippen LogP contribution in [0.15, 0.2) is 30.5 Å². The van der Waals surface area contributed by atoms with Gasteiger partial charge in [-0.25, -0.2) is 0 Å². The van der Waals surface area contributed by atoms with Crippen molar-refractivity contribution in [1.82, 2.24) is 9.78 Å². The van der Waals surface area contributed by atoms with Crippen LogP contribution in [-0.4, -0.2) is 16.9 Å². The van der Waals surface area contributed by atoms with E-state index in [4.69, 9.17) is 10.5 Å². The molecule has 0 spiro atoms. The van der Waals surface area contributed by atoms with Gasteiger partial charge in [0.1, 0.15) is 5.75 Å². The summed E-state index contributed by atoms with van der Waals surface area (Å²) in [5.41, 5.74) is 7.28. The standard InChI is InChI=1S/C13H18N4O/c1-9(2)17-7-6-13(16-17)15-10-4-5-11(14)12(8-10)18-3/h4-9H,14H2,1-3H3,(H,15,16). The Bertz CT molecular complexity index is 534. The van der Waals surface area contributed by atoms with E-state index < -0.39 is 0 Å². The van der Waals surface area contributed by atoms with Crippen LogP contribution in [0.2, 0.25) is 0 Å². The Labute approximate surface area is 107 Å². The molecule has 2 rings (SSSR count). The zero-order valence-corrected chi connectivity index (χ0v) is 10.8. The lowest BCUT2D eigenvalue weighted by molar-refractivity contribution is 0.417. The number of nitrogens with one attached hydrogen (secondary N) is 1. The highest BCUT2D eigenvalue weighted by Crippen LogP contribution is 2.26. The number of hydrogen-bond donors (Lipinski definition) is 2. The summed E-state index contributed by atoms with van der Waals surface area (Å²) >= 11 is 0. The van der Waals surface area contributed by atoms with E-state index in [0.717, 1.165) is 11.5 Å². The van der Waals surface area contributed by atoms with Crippen molar-refractivity contribution in [3.05, 3.63) is 30.5 Å². The maximum atomic E-state index is 5.76. The minimum Gasteiger partial charge on any atom is -0.495 e. The zero-order valence-electron chi connectivity index (χ0n) is 10.8. The summed E-state index contributed by atoms with van der Waals surface area (Å²) in [5, 5.41) is 7.63. The fourth-order valence-corrected chi connectivity index (χ4v) is 1.63. The summed E-state index contributed by atoms with van der Waals surface area (Å²) in [5.74, 6) is 1.46. The van der Waals surface area contributed by atoms with E-state index >= 15 is 0 Å². The number of hydrogen-bond acceptors (Lipinski definition) is 4. The first-order valence-corrected chi connectivity index (χ1v) is 5.86. The molecule has 96 valence electrons. The quantitative estimate of drug-likeness (QED) is 0.814. The maximum Gasteiger partial charge on any atom is 0.152 e. The van der Waals surface area contributed by atoms with Gasteiger partial charge in [0.25, 0.3) is 0 Å². The number of aromatic nitrogens is 2. The fraction of sp³-hybridized carbons (Fsp3) is 0.308. The van der Waals surface area contributed by atoms with Gasteiger partial charge in [0.05, 0.1) is 12.8 Å². The minimum absolute atomic E-state index is 0.349. The number of nitrogens with zero attached hydrogens (tertiary/aromatic N) is 2. The molecule has 0 bridgehead atoms. The van der Waals surface area contributed by atoms with Gasteiger partial charge in [-0.05, 0) is 26.0 Å². The molecule has 1 aromatic carbocycles. The van der Waals surface area contributed by atoms with Gasteiger partial charge in [0.2, 0.25) is 0 Å². The smallest absolute Gasteiger partial charge is 0.152 e. The molecular weight excluding hydrogens is 228 g/mol. The molecule has 3 N–H and O–H groups in total. The van der Waals surface area contributed by atoms with Crippen molar-refractivity contribution in [1.29, 1.82) is 0 Å². The van der Waals surface area contributed by atoms with Crippen molar-refractivity contribution in [3.8, 4) is 5.75 Å². The normalized spacial score (nSPS) is 10.7. The Hall–Kier alpha value is -2.17. The summed E-state index contributed by atoms with van der Waals surface area (Å²) in [6.07, 6.45) is 1.95. The van der Waals surface area contributed by atoms with E-state index in [1.807, 2.05) is 29.1 Å². The lowest BCUT2D eigenvalue weighted by Gasteiger charge is -2.08. The fourth-order valence-electron chi connectivity index (χ4n) is 1.63. The average Bonchev–Trinajstić information content (AvgIpc) is 2.80. The van der Waals surface area contributed by atoms with Crippen LogP contribution < -0.4 is 15.8 Å². The average molecular weight is 246 g/mol. The molecule has 5 nitrogen and oxygen atoms in total. The minimum atomic E-state index is 0.349. The lowest BCUT2D eigenvalue weighted by atomic mass is 10.2. The molecule has 2 aromatic rings. The Balaban J connectivity index is 2.17. The first kappa shape index (κ1) is 12.3. The third-order valence-electron chi connectivity index (χ3n) is 2.64. The molecule has 5 heteroatoms. The first-order chi connectivity index (χ1) is 8.60. The second-order valence-electron chi connectivity index (χ2n) is 4.36. The van der Waals surface area contributed by atoms with E-state index in [2.05, 4.69) is 24.3 Å². The number of rotatable bonds is 4. The molecule has 0 unspecified atom stereocenters. The molecule has 0 aliphatic heterocycles. The molecule has 1 heterocycles. The molecule has 0 atom stereocenters. The van der Waals surface area contributed by atoms with Crippen LogP contribution >= 0.6 is 0 Å². The summed E-state index contributed by atoms with van der Waals surface area (Å²) in [6.45, 7) is 4.17. The Morgan fingerprint density at radius 1 is 1.33 bits per heavy atom. The van der Waals surface area contributed by atoms with Crippen LogP contribution in [0.1, 0.15) is 19.9 Å². The largest absolute Gasteiger partial charge is 0.495 e. The van der Waals surface area contributed by atoms with Gasteiger partial charge in [-0.2, -0.15) is 5.10 Å². The molecule has 0 aliphatic rings.